The highest BCUT2D eigenvalue weighted by molar-refractivity contribution is 5.50. The second-order valence-corrected chi connectivity index (χ2v) is 3.71. The molecule has 0 aliphatic rings. The molecule has 90 valence electrons. The van der Waals surface area contributed by atoms with Crippen molar-refractivity contribution in [3.8, 4) is 0 Å². The van der Waals surface area contributed by atoms with Gasteiger partial charge in [0.05, 0.1) is 6.61 Å². The van der Waals surface area contributed by atoms with E-state index < -0.39 is 0 Å². The molecule has 0 aromatic carbocycles. The van der Waals surface area contributed by atoms with Crippen LogP contribution in [0.2, 0.25) is 0 Å². The normalized spacial score (nSPS) is 10.5. The van der Waals surface area contributed by atoms with Gasteiger partial charge in [-0.3, -0.25) is 0 Å². The van der Waals surface area contributed by atoms with Gasteiger partial charge in [-0.15, -0.1) is 0 Å². The van der Waals surface area contributed by atoms with Crippen LogP contribution in [0.15, 0.2) is 12.3 Å². The Morgan fingerprint density at radius 2 is 2.25 bits per heavy atom. The first-order chi connectivity index (χ1) is 7.74. The number of methoxy groups -OCH3 is 1. The zero-order valence-corrected chi connectivity index (χ0v) is 10.4. The maximum absolute atomic E-state index is 5.77. The van der Waals surface area contributed by atoms with Crippen LogP contribution in [-0.4, -0.2) is 31.8 Å². The lowest BCUT2D eigenvalue weighted by molar-refractivity contribution is 0.205. The van der Waals surface area contributed by atoms with Crippen molar-refractivity contribution < 1.29 is 4.74 Å². The van der Waals surface area contributed by atoms with Crippen LogP contribution >= 0.6 is 0 Å². The summed E-state index contributed by atoms with van der Waals surface area (Å²) in [6, 6.07) is 2.00. The summed E-state index contributed by atoms with van der Waals surface area (Å²) in [5, 5.41) is 0. The smallest absolute Gasteiger partial charge is 0.133 e. The van der Waals surface area contributed by atoms with E-state index in [2.05, 4.69) is 23.7 Å². The summed E-state index contributed by atoms with van der Waals surface area (Å²) < 4.78 is 5.10. The number of nitrogens with two attached hydrogens (primary N) is 1. The van der Waals surface area contributed by atoms with E-state index in [1.165, 1.54) is 5.56 Å². The van der Waals surface area contributed by atoms with E-state index >= 15 is 0 Å². The number of hydrogen-bond acceptors (Lipinski definition) is 4. The van der Waals surface area contributed by atoms with Crippen molar-refractivity contribution in [2.75, 3.05) is 31.7 Å². The molecule has 0 bridgehead atoms. The Morgan fingerprint density at radius 3 is 2.81 bits per heavy atom. The van der Waals surface area contributed by atoms with Gasteiger partial charge in [-0.25, -0.2) is 4.98 Å². The molecule has 4 heteroatoms. The fourth-order valence-corrected chi connectivity index (χ4v) is 1.71. The standard InChI is InChI=1S/C12H21N3O/c1-4-15(7-8-16-3)12-11(9-13)10(2)5-6-14-12/h5-6H,4,7-9,13H2,1-3H3. The first kappa shape index (κ1) is 12.9. The summed E-state index contributed by atoms with van der Waals surface area (Å²) in [6.07, 6.45) is 1.83. The molecule has 1 aromatic heterocycles. The second-order valence-electron chi connectivity index (χ2n) is 3.71. The molecule has 0 fully saturated rings. The maximum atomic E-state index is 5.77. The number of aryl methyl sites for hydroxylation is 1. The van der Waals surface area contributed by atoms with E-state index in [9.17, 15) is 0 Å². The van der Waals surface area contributed by atoms with E-state index in [4.69, 9.17) is 10.5 Å². The number of ether oxygens (including phenoxy) is 1. The second kappa shape index (κ2) is 6.45. The Kier molecular flexibility index (Phi) is 5.22. The number of nitrogens with zero attached hydrogens (tertiary/aromatic N) is 2. The number of anilines is 1. The van der Waals surface area contributed by atoms with Crippen LogP contribution in [0.1, 0.15) is 18.1 Å². The molecule has 16 heavy (non-hydrogen) atoms. The van der Waals surface area contributed by atoms with E-state index in [0.29, 0.717) is 13.2 Å². The Morgan fingerprint density at radius 1 is 1.50 bits per heavy atom. The monoisotopic (exact) mass is 223 g/mol. The van der Waals surface area contributed by atoms with Crippen molar-refractivity contribution in [1.29, 1.82) is 0 Å². The third-order valence-electron chi connectivity index (χ3n) is 2.72. The number of aromatic nitrogens is 1. The zero-order valence-electron chi connectivity index (χ0n) is 10.4. The quantitative estimate of drug-likeness (QED) is 0.790. The molecule has 0 saturated heterocycles. The molecule has 2 N–H and O–H groups in total. The summed E-state index contributed by atoms with van der Waals surface area (Å²) in [4.78, 5) is 6.62. The van der Waals surface area contributed by atoms with Crippen molar-refractivity contribution in [3.63, 3.8) is 0 Å². The molecule has 0 unspecified atom stereocenters. The average Bonchev–Trinajstić information content (AvgIpc) is 2.30. The van der Waals surface area contributed by atoms with Crippen molar-refractivity contribution in [1.82, 2.24) is 4.98 Å². The Balaban J connectivity index is 2.94. The van der Waals surface area contributed by atoms with Gasteiger partial charge in [0.15, 0.2) is 0 Å². The fourth-order valence-electron chi connectivity index (χ4n) is 1.71. The molecule has 0 aliphatic heterocycles. The van der Waals surface area contributed by atoms with Crippen LogP contribution < -0.4 is 10.6 Å². The molecule has 0 atom stereocenters. The van der Waals surface area contributed by atoms with Crippen LogP contribution in [0.25, 0.3) is 0 Å². The van der Waals surface area contributed by atoms with E-state index in [0.717, 1.165) is 24.5 Å². The minimum Gasteiger partial charge on any atom is -0.383 e. The van der Waals surface area contributed by atoms with Crippen LogP contribution in [0.5, 0.6) is 0 Å². The first-order valence-electron chi connectivity index (χ1n) is 5.63. The number of pyridine rings is 1. The van der Waals surface area contributed by atoms with Gasteiger partial charge in [0.1, 0.15) is 5.82 Å². The van der Waals surface area contributed by atoms with Crippen LogP contribution in [0, 0.1) is 6.92 Å². The largest absolute Gasteiger partial charge is 0.383 e. The van der Waals surface area contributed by atoms with Crippen LogP contribution in [0.3, 0.4) is 0 Å². The molecule has 1 aromatic rings. The molecule has 1 rings (SSSR count). The van der Waals surface area contributed by atoms with Crippen molar-refractivity contribution in [2.45, 2.75) is 20.4 Å². The Hall–Kier alpha value is -1.13. The summed E-state index contributed by atoms with van der Waals surface area (Å²) in [7, 11) is 1.71. The highest BCUT2D eigenvalue weighted by Gasteiger charge is 2.11. The predicted octanol–water partition coefficient (Wildman–Crippen LogP) is 1.32. The minimum absolute atomic E-state index is 0.526. The highest BCUT2D eigenvalue weighted by Crippen LogP contribution is 2.19. The van der Waals surface area contributed by atoms with E-state index in [1.54, 1.807) is 7.11 Å². The molecular weight excluding hydrogens is 202 g/mol. The van der Waals surface area contributed by atoms with Gasteiger partial charge in [-0.2, -0.15) is 0 Å². The first-order valence-corrected chi connectivity index (χ1v) is 5.63. The zero-order chi connectivity index (χ0) is 12.0. The van der Waals surface area contributed by atoms with Crippen LogP contribution in [-0.2, 0) is 11.3 Å². The highest BCUT2D eigenvalue weighted by atomic mass is 16.5. The molecule has 0 radical (unpaired) electrons. The summed E-state index contributed by atoms with van der Waals surface area (Å²) in [5.41, 5.74) is 8.10. The van der Waals surface area contributed by atoms with Crippen LogP contribution in [0.4, 0.5) is 5.82 Å². The average molecular weight is 223 g/mol. The minimum atomic E-state index is 0.526. The van der Waals surface area contributed by atoms with Gasteiger partial charge in [0, 0.05) is 38.5 Å². The summed E-state index contributed by atoms with van der Waals surface area (Å²) in [6.45, 7) is 7.16. The third kappa shape index (κ3) is 2.93. The third-order valence-corrected chi connectivity index (χ3v) is 2.72. The van der Waals surface area contributed by atoms with Gasteiger partial charge in [-0.05, 0) is 25.5 Å². The topological polar surface area (TPSA) is 51.4 Å². The fraction of sp³-hybridized carbons (Fsp3) is 0.583. The molecular formula is C12H21N3O. The Bertz CT molecular complexity index is 328. The molecule has 0 aliphatic carbocycles. The van der Waals surface area contributed by atoms with Gasteiger partial charge < -0.3 is 15.4 Å². The van der Waals surface area contributed by atoms with Crippen molar-refractivity contribution >= 4 is 5.82 Å². The van der Waals surface area contributed by atoms with E-state index in [-0.39, 0.29) is 0 Å². The lowest BCUT2D eigenvalue weighted by Crippen LogP contribution is -2.29. The summed E-state index contributed by atoms with van der Waals surface area (Å²) >= 11 is 0. The maximum Gasteiger partial charge on any atom is 0.133 e. The van der Waals surface area contributed by atoms with Crippen molar-refractivity contribution in [3.05, 3.63) is 23.4 Å². The molecule has 0 saturated carbocycles. The molecule has 0 amide bonds. The predicted molar refractivity (Wildman–Crippen MR) is 66.6 cm³/mol. The van der Waals surface area contributed by atoms with E-state index in [1.807, 2.05) is 12.3 Å². The number of rotatable bonds is 6. The Labute approximate surface area is 97.4 Å². The number of hydrogen-bond donors (Lipinski definition) is 1. The SMILES string of the molecule is CCN(CCOC)c1nccc(C)c1CN. The molecule has 4 nitrogen and oxygen atoms in total. The number of likely N-dealkylation sites (N-methyl/N-ethyl adjacent to an activating group) is 1. The van der Waals surface area contributed by atoms with Gasteiger partial charge in [0.2, 0.25) is 0 Å². The van der Waals surface area contributed by atoms with Gasteiger partial charge in [0.25, 0.3) is 0 Å². The lowest BCUT2D eigenvalue weighted by Gasteiger charge is -2.24. The van der Waals surface area contributed by atoms with Gasteiger partial charge in [-0.1, -0.05) is 0 Å². The summed E-state index contributed by atoms with van der Waals surface area (Å²) in [5.74, 6) is 0.988. The lowest BCUT2D eigenvalue weighted by atomic mass is 10.1. The molecule has 1 heterocycles. The van der Waals surface area contributed by atoms with Crippen molar-refractivity contribution in [2.24, 2.45) is 5.73 Å². The molecule has 0 spiro atoms. The van der Waals surface area contributed by atoms with Gasteiger partial charge >= 0.3 is 0 Å².